The smallest absolute Gasteiger partial charge is 0.254 e. The van der Waals surface area contributed by atoms with E-state index in [2.05, 4.69) is 0 Å². The third-order valence-electron chi connectivity index (χ3n) is 4.87. The average Bonchev–Trinajstić information content (AvgIpc) is 3.02. The van der Waals surface area contributed by atoms with Gasteiger partial charge in [-0.25, -0.2) is 8.42 Å². The molecule has 3 rings (SSSR count). The second-order valence-electron chi connectivity index (χ2n) is 6.49. The van der Waals surface area contributed by atoms with Gasteiger partial charge in [0.2, 0.25) is 10.0 Å². The Bertz CT molecular complexity index is 750. The summed E-state index contributed by atoms with van der Waals surface area (Å²) in [5.41, 5.74) is -1.28. The number of rotatable bonds is 3. The highest BCUT2D eigenvalue weighted by atomic mass is 35.5. The van der Waals surface area contributed by atoms with E-state index in [9.17, 15) is 18.3 Å². The Hall–Kier alpha value is -0.860. The Morgan fingerprint density at radius 3 is 2.08 bits per heavy atom. The summed E-state index contributed by atoms with van der Waals surface area (Å²) in [7, 11) is -3.84. The monoisotopic (exact) mass is 406 g/mol. The van der Waals surface area contributed by atoms with Crippen molar-refractivity contribution in [2.24, 2.45) is 0 Å². The van der Waals surface area contributed by atoms with Gasteiger partial charge in [0.25, 0.3) is 5.91 Å². The second-order valence-corrected chi connectivity index (χ2v) is 9.17. The Balaban J connectivity index is 1.73. The summed E-state index contributed by atoms with van der Waals surface area (Å²) in [6.45, 7) is 0.766. The quantitative estimate of drug-likeness (QED) is 0.833. The van der Waals surface area contributed by atoms with E-state index in [0.717, 1.165) is 12.8 Å². The maximum atomic E-state index is 12.8. The largest absolute Gasteiger partial charge is 0.380 e. The van der Waals surface area contributed by atoms with E-state index < -0.39 is 15.6 Å². The highest BCUT2D eigenvalue weighted by molar-refractivity contribution is 7.89. The highest BCUT2D eigenvalue weighted by Crippen LogP contribution is 2.33. The van der Waals surface area contributed by atoms with E-state index in [-0.39, 0.29) is 47.0 Å². The summed E-state index contributed by atoms with van der Waals surface area (Å²) >= 11 is 12.1. The summed E-state index contributed by atoms with van der Waals surface area (Å²) in [5, 5.41) is 10.6. The first-order valence-corrected chi connectivity index (χ1v) is 10.4. The van der Waals surface area contributed by atoms with Crippen LogP contribution in [0.3, 0.4) is 0 Å². The van der Waals surface area contributed by atoms with Gasteiger partial charge in [-0.2, -0.15) is 4.31 Å². The molecule has 1 saturated carbocycles. The van der Waals surface area contributed by atoms with Crippen LogP contribution in [0, 0.1) is 0 Å². The maximum Gasteiger partial charge on any atom is 0.254 e. The van der Waals surface area contributed by atoms with Crippen LogP contribution < -0.4 is 0 Å². The Kier molecular flexibility index (Phi) is 5.33. The lowest BCUT2D eigenvalue weighted by molar-refractivity contribution is -0.151. The fourth-order valence-corrected chi connectivity index (χ4v) is 5.97. The van der Waals surface area contributed by atoms with Crippen LogP contribution in [0.15, 0.2) is 23.1 Å². The van der Waals surface area contributed by atoms with Crippen molar-refractivity contribution in [2.75, 3.05) is 26.2 Å². The molecule has 1 saturated heterocycles. The average molecular weight is 407 g/mol. The SMILES string of the molecule is O=C(N1CCN(S(=O)(=O)c2c(Cl)cccc2Cl)CC1)C1(O)CCCC1. The standard InChI is InChI=1S/C16H20Cl2N2O4S/c17-12-4-3-5-13(18)14(12)25(23,24)20-10-8-19(9-11-20)15(21)16(22)6-1-2-7-16/h3-5,22H,1-2,6-11H2. The fourth-order valence-electron chi connectivity index (χ4n) is 3.46. The van der Waals surface area contributed by atoms with Gasteiger partial charge in [-0.05, 0) is 37.8 Å². The molecule has 1 amide bonds. The third-order valence-corrected chi connectivity index (χ3v) is 7.73. The number of nitrogens with zero attached hydrogens (tertiary/aromatic N) is 2. The second kappa shape index (κ2) is 7.04. The first-order valence-electron chi connectivity index (χ1n) is 8.22. The van der Waals surface area contributed by atoms with Crippen molar-refractivity contribution in [1.29, 1.82) is 0 Å². The predicted octanol–water partition coefficient (Wildman–Crippen LogP) is 2.13. The van der Waals surface area contributed by atoms with E-state index in [1.165, 1.54) is 16.4 Å². The molecule has 0 aromatic heterocycles. The van der Waals surface area contributed by atoms with Crippen molar-refractivity contribution < 1.29 is 18.3 Å². The van der Waals surface area contributed by atoms with Gasteiger partial charge in [-0.15, -0.1) is 0 Å². The number of carbonyl (C=O) groups excluding carboxylic acids is 1. The van der Waals surface area contributed by atoms with Gasteiger partial charge in [0.1, 0.15) is 10.5 Å². The van der Waals surface area contributed by atoms with Gasteiger partial charge in [0.15, 0.2) is 0 Å². The van der Waals surface area contributed by atoms with Gasteiger partial charge in [-0.3, -0.25) is 4.79 Å². The van der Waals surface area contributed by atoms with Gasteiger partial charge in [0, 0.05) is 26.2 Å². The third kappa shape index (κ3) is 3.53. The zero-order chi connectivity index (χ0) is 18.2. The first-order chi connectivity index (χ1) is 11.8. The summed E-state index contributed by atoms with van der Waals surface area (Å²) in [6, 6.07) is 4.55. The van der Waals surface area contributed by atoms with Crippen molar-refractivity contribution in [2.45, 2.75) is 36.2 Å². The molecule has 1 N–H and O–H groups in total. The molecule has 2 fully saturated rings. The molecule has 0 spiro atoms. The van der Waals surface area contributed by atoms with Crippen LogP contribution in [0.2, 0.25) is 10.0 Å². The van der Waals surface area contributed by atoms with E-state index in [1.54, 1.807) is 11.0 Å². The molecular weight excluding hydrogens is 387 g/mol. The molecule has 0 radical (unpaired) electrons. The van der Waals surface area contributed by atoms with E-state index in [4.69, 9.17) is 23.2 Å². The van der Waals surface area contributed by atoms with Crippen molar-refractivity contribution >= 4 is 39.1 Å². The number of benzene rings is 1. The molecule has 1 aliphatic heterocycles. The molecule has 25 heavy (non-hydrogen) atoms. The van der Waals surface area contributed by atoms with E-state index in [1.807, 2.05) is 0 Å². The first kappa shape index (κ1) is 18.9. The van der Waals surface area contributed by atoms with Gasteiger partial charge in [-0.1, -0.05) is 29.3 Å². The number of hydrogen-bond acceptors (Lipinski definition) is 4. The number of amides is 1. The predicted molar refractivity (Wildman–Crippen MR) is 95.2 cm³/mol. The molecule has 138 valence electrons. The molecule has 0 bridgehead atoms. The van der Waals surface area contributed by atoms with Crippen molar-refractivity contribution in [3.05, 3.63) is 28.2 Å². The molecule has 1 heterocycles. The maximum absolute atomic E-state index is 12.8. The van der Waals surface area contributed by atoms with Crippen molar-refractivity contribution in [3.8, 4) is 0 Å². The molecule has 2 aliphatic rings. The molecule has 9 heteroatoms. The summed E-state index contributed by atoms with van der Waals surface area (Å²) in [5.74, 6) is -0.294. The lowest BCUT2D eigenvalue weighted by atomic mass is 10.0. The van der Waals surface area contributed by atoms with Crippen LogP contribution in [0.4, 0.5) is 0 Å². The van der Waals surface area contributed by atoms with Crippen molar-refractivity contribution in [1.82, 2.24) is 9.21 Å². The number of sulfonamides is 1. The van der Waals surface area contributed by atoms with Crippen molar-refractivity contribution in [3.63, 3.8) is 0 Å². The molecule has 6 nitrogen and oxygen atoms in total. The Morgan fingerprint density at radius 2 is 1.56 bits per heavy atom. The molecule has 1 aromatic rings. The van der Waals surface area contributed by atoms with Crippen LogP contribution in [-0.4, -0.2) is 60.4 Å². The lowest BCUT2D eigenvalue weighted by Gasteiger charge is -2.37. The Morgan fingerprint density at radius 1 is 1.04 bits per heavy atom. The minimum Gasteiger partial charge on any atom is -0.380 e. The number of hydrogen-bond donors (Lipinski definition) is 1. The molecular formula is C16H20Cl2N2O4S. The lowest BCUT2D eigenvalue weighted by Crippen LogP contribution is -2.55. The van der Waals surface area contributed by atoms with Crippen LogP contribution in [-0.2, 0) is 14.8 Å². The molecule has 1 aliphatic carbocycles. The summed E-state index contributed by atoms with van der Waals surface area (Å²) in [6.07, 6.45) is 2.61. The zero-order valence-corrected chi connectivity index (χ0v) is 15.9. The topological polar surface area (TPSA) is 77.9 Å². The summed E-state index contributed by atoms with van der Waals surface area (Å²) in [4.78, 5) is 14.0. The van der Waals surface area contributed by atoms with Crippen LogP contribution in [0.5, 0.6) is 0 Å². The number of carbonyl (C=O) groups is 1. The minimum atomic E-state index is -3.84. The normalized spacial score (nSPS) is 21.5. The fraction of sp³-hybridized carbons (Fsp3) is 0.562. The number of piperazine rings is 1. The van der Waals surface area contributed by atoms with Crippen LogP contribution >= 0.6 is 23.2 Å². The molecule has 0 atom stereocenters. The Labute approximate surface area is 157 Å². The van der Waals surface area contributed by atoms with Crippen LogP contribution in [0.1, 0.15) is 25.7 Å². The van der Waals surface area contributed by atoms with Crippen LogP contribution in [0.25, 0.3) is 0 Å². The molecule has 0 unspecified atom stereocenters. The van der Waals surface area contributed by atoms with Gasteiger partial charge >= 0.3 is 0 Å². The number of aliphatic hydroxyl groups is 1. The summed E-state index contributed by atoms with van der Waals surface area (Å²) < 4.78 is 26.9. The zero-order valence-electron chi connectivity index (χ0n) is 13.6. The van der Waals surface area contributed by atoms with Gasteiger partial charge < -0.3 is 10.0 Å². The minimum absolute atomic E-state index is 0.0753. The highest BCUT2D eigenvalue weighted by Gasteiger charge is 2.43. The van der Waals surface area contributed by atoms with E-state index >= 15 is 0 Å². The van der Waals surface area contributed by atoms with Gasteiger partial charge in [0.05, 0.1) is 10.0 Å². The van der Waals surface area contributed by atoms with E-state index in [0.29, 0.717) is 12.8 Å². The number of halogens is 2. The molecule has 1 aromatic carbocycles.